The van der Waals surface area contributed by atoms with E-state index in [4.69, 9.17) is 11.5 Å². The minimum atomic E-state index is -0.345. The van der Waals surface area contributed by atoms with Crippen molar-refractivity contribution in [1.29, 1.82) is 0 Å². The van der Waals surface area contributed by atoms with Crippen LogP contribution in [0.1, 0.15) is 16.3 Å². The van der Waals surface area contributed by atoms with Crippen LogP contribution in [0.5, 0.6) is 0 Å². The van der Waals surface area contributed by atoms with Crippen LogP contribution >= 0.6 is 11.3 Å². The van der Waals surface area contributed by atoms with Crippen LogP contribution in [0.25, 0.3) is 0 Å². The van der Waals surface area contributed by atoms with Crippen LogP contribution in [-0.2, 0) is 17.9 Å². The first-order valence-electron chi connectivity index (χ1n) is 6.29. The molecule has 0 aliphatic carbocycles. The zero-order chi connectivity index (χ0) is 14.5. The summed E-state index contributed by atoms with van der Waals surface area (Å²) in [5.41, 5.74) is 13.8. The Hall–Kier alpha value is -1.92. The fourth-order valence-electron chi connectivity index (χ4n) is 2.00. The zero-order valence-corrected chi connectivity index (χ0v) is 12.2. The van der Waals surface area contributed by atoms with Crippen molar-refractivity contribution < 1.29 is 4.79 Å². The molecule has 0 fully saturated rings. The molecular weight excluding hydrogens is 272 g/mol. The molecule has 0 saturated carbocycles. The van der Waals surface area contributed by atoms with Gasteiger partial charge in [-0.15, -0.1) is 11.3 Å². The second-order valence-electron chi connectivity index (χ2n) is 4.74. The van der Waals surface area contributed by atoms with Crippen LogP contribution in [0.3, 0.4) is 0 Å². The summed E-state index contributed by atoms with van der Waals surface area (Å²) in [7, 11) is 0. The highest BCUT2D eigenvalue weighted by Gasteiger charge is 2.12. The largest absolute Gasteiger partial charge is 0.399 e. The second-order valence-corrected chi connectivity index (χ2v) is 5.68. The van der Waals surface area contributed by atoms with Gasteiger partial charge in [0.2, 0.25) is 5.91 Å². The molecule has 6 heteroatoms. The molecule has 0 radical (unpaired) electrons. The standard InChI is InChI=1S/C14H18N4OS/c1-10-9-20-14(17-10)8-18(7-13(16)19)6-11-3-2-4-12(15)5-11/h2-5,9H,6-8,15H2,1H3,(H2,16,19). The minimum Gasteiger partial charge on any atom is -0.399 e. The fourth-order valence-corrected chi connectivity index (χ4v) is 2.82. The normalized spacial score (nSPS) is 10.9. The maximum atomic E-state index is 11.2. The Bertz CT molecular complexity index is 596. The van der Waals surface area contributed by atoms with Crippen LogP contribution in [0.15, 0.2) is 29.6 Å². The number of nitrogen functional groups attached to an aromatic ring is 1. The van der Waals surface area contributed by atoms with Gasteiger partial charge in [0.25, 0.3) is 0 Å². The summed E-state index contributed by atoms with van der Waals surface area (Å²) in [4.78, 5) is 17.6. The van der Waals surface area contributed by atoms with E-state index in [0.717, 1.165) is 16.3 Å². The molecule has 0 aliphatic heterocycles. The van der Waals surface area contributed by atoms with Crippen LogP contribution in [0, 0.1) is 6.92 Å². The average Bonchev–Trinajstić information content (AvgIpc) is 2.73. The maximum absolute atomic E-state index is 11.2. The third-order valence-corrected chi connectivity index (χ3v) is 3.71. The van der Waals surface area contributed by atoms with Crippen LogP contribution < -0.4 is 11.5 Å². The molecule has 1 aromatic carbocycles. The lowest BCUT2D eigenvalue weighted by Crippen LogP contribution is -2.33. The Balaban J connectivity index is 2.09. The smallest absolute Gasteiger partial charge is 0.231 e. The van der Waals surface area contributed by atoms with Gasteiger partial charge in [-0.2, -0.15) is 0 Å². The highest BCUT2D eigenvalue weighted by molar-refractivity contribution is 7.09. The third kappa shape index (κ3) is 4.32. The SMILES string of the molecule is Cc1csc(CN(CC(N)=O)Cc2cccc(N)c2)n1. The molecule has 1 amide bonds. The molecule has 106 valence electrons. The minimum absolute atomic E-state index is 0.202. The van der Waals surface area contributed by atoms with Crippen molar-refractivity contribution in [3.63, 3.8) is 0 Å². The molecule has 4 N–H and O–H groups in total. The van der Waals surface area contributed by atoms with Gasteiger partial charge in [0, 0.05) is 23.3 Å². The summed E-state index contributed by atoms with van der Waals surface area (Å²) in [5, 5.41) is 2.98. The molecule has 0 saturated heterocycles. The Kier molecular flexibility index (Phi) is 4.70. The number of hydrogen-bond donors (Lipinski definition) is 2. The number of rotatable bonds is 6. The zero-order valence-electron chi connectivity index (χ0n) is 11.4. The molecule has 5 nitrogen and oxygen atoms in total. The van der Waals surface area contributed by atoms with Crippen molar-refractivity contribution in [1.82, 2.24) is 9.88 Å². The number of carbonyl (C=O) groups excluding carboxylic acids is 1. The summed E-state index contributed by atoms with van der Waals surface area (Å²) >= 11 is 1.59. The van der Waals surface area contributed by atoms with Crippen molar-refractivity contribution in [3.8, 4) is 0 Å². The molecule has 20 heavy (non-hydrogen) atoms. The summed E-state index contributed by atoms with van der Waals surface area (Å²) in [6, 6.07) is 7.63. The Labute approximate surface area is 122 Å². The number of carbonyl (C=O) groups is 1. The third-order valence-electron chi connectivity index (χ3n) is 2.76. The van der Waals surface area contributed by atoms with Crippen LogP contribution in [0.4, 0.5) is 5.69 Å². The van der Waals surface area contributed by atoms with Gasteiger partial charge < -0.3 is 11.5 Å². The quantitative estimate of drug-likeness (QED) is 0.790. The summed E-state index contributed by atoms with van der Waals surface area (Å²) in [5.74, 6) is -0.345. The first-order valence-corrected chi connectivity index (χ1v) is 7.17. The number of primary amides is 1. The van der Waals surface area contributed by atoms with E-state index in [1.807, 2.05) is 41.5 Å². The van der Waals surface area contributed by atoms with Gasteiger partial charge in [0.05, 0.1) is 13.1 Å². The molecule has 0 spiro atoms. The van der Waals surface area contributed by atoms with E-state index in [2.05, 4.69) is 4.98 Å². The summed E-state index contributed by atoms with van der Waals surface area (Å²) < 4.78 is 0. The summed E-state index contributed by atoms with van der Waals surface area (Å²) in [6.45, 7) is 3.38. The van der Waals surface area contributed by atoms with Gasteiger partial charge in [-0.3, -0.25) is 9.69 Å². The van der Waals surface area contributed by atoms with Crippen molar-refractivity contribution >= 4 is 22.9 Å². The predicted octanol–water partition coefficient (Wildman–Crippen LogP) is 1.52. The molecule has 0 aliphatic rings. The van der Waals surface area contributed by atoms with Gasteiger partial charge in [-0.25, -0.2) is 4.98 Å². The first kappa shape index (κ1) is 14.5. The van der Waals surface area contributed by atoms with Crippen LogP contribution in [0.2, 0.25) is 0 Å². The van der Waals surface area contributed by atoms with E-state index in [9.17, 15) is 4.79 Å². The van der Waals surface area contributed by atoms with E-state index in [1.54, 1.807) is 11.3 Å². The number of benzene rings is 1. The number of amides is 1. The van der Waals surface area contributed by atoms with Crippen molar-refractivity contribution in [3.05, 3.63) is 45.9 Å². The molecule has 0 unspecified atom stereocenters. The molecule has 1 aromatic heterocycles. The second kappa shape index (κ2) is 6.49. The lowest BCUT2D eigenvalue weighted by Gasteiger charge is -2.19. The molecule has 0 bridgehead atoms. The monoisotopic (exact) mass is 290 g/mol. The highest BCUT2D eigenvalue weighted by atomic mass is 32.1. The molecular formula is C14H18N4OS. The van der Waals surface area contributed by atoms with E-state index >= 15 is 0 Å². The average molecular weight is 290 g/mol. The topological polar surface area (TPSA) is 85.2 Å². The van der Waals surface area contributed by atoms with E-state index in [0.29, 0.717) is 18.8 Å². The van der Waals surface area contributed by atoms with Gasteiger partial charge in [-0.1, -0.05) is 12.1 Å². The molecule has 0 atom stereocenters. The van der Waals surface area contributed by atoms with Crippen LogP contribution in [-0.4, -0.2) is 22.3 Å². The number of hydrogen-bond acceptors (Lipinski definition) is 5. The maximum Gasteiger partial charge on any atom is 0.231 e. The van der Waals surface area contributed by atoms with E-state index in [1.165, 1.54) is 0 Å². The first-order chi connectivity index (χ1) is 9.52. The van der Waals surface area contributed by atoms with E-state index < -0.39 is 0 Å². The number of thiazole rings is 1. The molecule has 2 rings (SSSR count). The van der Waals surface area contributed by atoms with Gasteiger partial charge in [0.1, 0.15) is 5.01 Å². The lowest BCUT2D eigenvalue weighted by atomic mass is 10.2. The molecule has 1 heterocycles. The van der Waals surface area contributed by atoms with Crippen molar-refractivity contribution in [2.24, 2.45) is 5.73 Å². The fraction of sp³-hybridized carbons (Fsp3) is 0.286. The Morgan fingerprint density at radius 2 is 2.20 bits per heavy atom. The number of nitrogens with two attached hydrogens (primary N) is 2. The number of aryl methyl sites for hydroxylation is 1. The molecule has 2 aromatic rings. The lowest BCUT2D eigenvalue weighted by molar-refractivity contribution is -0.119. The van der Waals surface area contributed by atoms with E-state index in [-0.39, 0.29) is 12.5 Å². The Morgan fingerprint density at radius 1 is 1.40 bits per heavy atom. The van der Waals surface area contributed by atoms with Gasteiger partial charge >= 0.3 is 0 Å². The van der Waals surface area contributed by atoms with Crippen molar-refractivity contribution in [2.75, 3.05) is 12.3 Å². The predicted molar refractivity (Wildman–Crippen MR) is 81.0 cm³/mol. The number of nitrogens with zero attached hydrogens (tertiary/aromatic N) is 2. The Morgan fingerprint density at radius 3 is 2.80 bits per heavy atom. The summed E-state index contributed by atoms with van der Waals surface area (Å²) in [6.07, 6.45) is 0. The van der Waals surface area contributed by atoms with Gasteiger partial charge in [-0.05, 0) is 24.6 Å². The van der Waals surface area contributed by atoms with Gasteiger partial charge in [0.15, 0.2) is 0 Å². The number of aromatic nitrogens is 1. The van der Waals surface area contributed by atoms with Crippen molar-refractivity contribution in [2.45, 2.75) is 20.0 Å². The number of anilines is 1. The highest BCUT2D eigenvalue weighted by Crippen LogP contribution is 2.15.